The summed E-state index contributed by atoms with van der Waals surface area (Å²) in [5, 5.41) is 41.3. The summed E-state index contributed by atoms with van der Waals surface area (Å²) < 4.78 is 13.7. The monoisotopic (exact) mass is 979 g/mol. The van der Waals surface area contributed by atoms with Crippen LogP contribution in [0.1, 0.15) is 80.3 Å². The van der Waals surface area contributed by atoms with Crippen LogP contribution >= 0.6 is 11.3 Å². The van der Waals surface area contributed by atoms with Crippen LogP contribution in [-0.4, -0.2) is 125 Å². The van der Waals surface area contributed by atoms with Crippen molar-refractivity contribution >= 4 is 29.0 Å². The van der Waals surface area contributed by atoms with Gasteiger partial charge in [-0.15, -0.1) is 21.5 Å². The Morgan fingerprint density at radius 2 is 1.65 bits per heavy atom. The normalized spacial score (nSPS) is 17.9. The molecule has 9 rings (SSSR count). The van der Waals surface area contributed by atoms with E-state index in [1.165, 1.54) is 10.5 Å². The highest BCUT2D eigenvalue weighted by atomic mass is 32.1. The number of carbonyl (C=O) groups excluding carboxylic acids is 2. The number of aromatic hydroxyl groups is 1. The molecule has 5 N–H and O–H groups in total. The number of hydrogen-bond donors (Lipinski definition) is 4. The van der Waals surface area contributed by atoms with Crippen LogP contribution < -0.4 is 15.8 Å². The average molecular weight is 980 g/mol. The van der Waals surface area contributed by atoms with Crippen molar-refractivity contribution in [1.82, 2.24) is 50.1 Å². The van der Waals surface area contributed by atoms with Gasteiger partial charge in [0.1, 0.15) is 24.3 Å². The van der Waals surface area contributed by atoms with Crippen molar-refractivity contribution in [2.75, 3.05) is 51.6 Å². The number of likely N-dealkylation sites (tertiary alicyclic amines) is 1. The number of benzene rings is 3. The number of aromatic nitrogens is 6. The Hall–Kier alpha value is -6.99. The Bertz CT molecular complexity index is 2930. The molecule has 6 heterocycles. The van der Waals surface area contributed by atoms with E-state index in [4.69, 9.17) is 15.0 Å². The summed E-state index contributed by atoms with van der Waals surface area (Å²) in [5.41, 5.74) is 16.0. The first-order chi connectivity index (χ1) is 34.3. The van der Waals surface area contributed by atoms with Crippen molar-refractivity contribution in [1.29, 1.82) is 0 Å². The number of rotatable bonds is 17. The maximum atomic E-state index is 14.2. The third-order valence-electron chi connectivity index (χ3n) is 13.7. The van der Waals surface area contributed by atoms with Gasteiger partial charge in [0.25, 0.3) is 5.88 Å². The number of ether oxygens (including phenoxy) is 1. The minimum absolute atomic E-state index is 0.0254. The van der Waals surface area contributed by atoms with Gasteiger partial charge in [0.2, 0.25) is 11.8 Å². The highest BCUT2D eigenvalue weighted by molar-refractivity contribution is 7.13. The zero-order chi connectivity index (χ0) is 49.8. The lowest BCUT2D eigenvalue weighted by Crippen LogP contribution is -2.48. The van der Waals surface area contributed by atoms with Gasteiger partial charge in [0.15, 0.2) is 11.6 Å². The number of piperazine rings is 1. The molecule has 2 aliphatic heterocycles. The Morgan fingerprint density at radius 1 is 0.915 bits per heavy atom. The number of aliphatic hydroxyl groups excluding tert-OH is 1. The maximum absolute atomic E-state index is 14.2. The summed E-state index contributed by atoms with van der Waals surface area (Å²) in [6.07, 6.45) is 3.05. The van der Waals surface area contributed by atoms with E-state index in [2.05, 4.69) is 71.7 Å². The van der Waals surface area contributed by atoms with E-state index in [1.807, 2.05) is 80.5 Å². The standard InChI is InChI=1S/C53H61N11O6S/c1-32(2)49(53(68)63-30-41(65)24-45(63)52(67)57-33(3)37-14-16-39(17-15-37)50-34(4)55-31-71-50)47-26-48(60-70-47)69-23-22-61-18-20-62(21-19-61)28-36-10-12-38(13-11-36)35(5)64-29-40(27-56-64)43-25-44(58-59-51(43)54)42-8-6-7-9-46(42)66/h6-17,25-27,29,31-33,35,41,45,49,65-66H,18-24,28,30H2,1-5H3,(H2,54,59)(H,57,67)/t33-,35?,41+,45-,49-/m0/s1. The number of thiazole rings is 1. The van der Waals surface area contributed by atoms with Crippen molar-refractivity contribution in [3.05, 3.63) is 131 Å². The summed E-state index contributed by atoms with van der Waals surface area (Å²) in [5.74, 6) is -0.430. The molecule has 2 fully saturated rings. The van der Waals surface area contributed by atoms with Gasteiger partial charge in [-0.05, 0) is 72.3 Å². The average Bonchev–Trinajstić information content (AvgIpc) is 4.21. The number of β-amino-alcohol motifs (C(OH)–C–C–N with tert-alkyl or cyclic N) is 1. The Morgan fingerprint density at radius 3 is 2.37 bits per heavy atom. The molecule has 7 aromatic rings. The van der Waals surface area contributed by atoms with Crippen molar-refractivity contribution in [2.45, 2.75) is 77.7 Å². The number of anilines is 1. The fraction of sp³-hybridized carbons (Fsp3) is 0.377. The Kier molecular flexibility index (Phi) is 14.9. The van der Waals surface area contributed by atoms with E-state index >= 15 is 0 Å². The lowest BCUT2D eigenvalue weighted by molar-refractivity contribution is -0.141. The molecule has 18 heteroatoms. The number of nitrogens with one attached hydrogen (secondary N) is 1. The van der Waals surface area contributed by atoms with Gasteiger partial charge in [0, 0.05) is 81.2 Å². The van der Waals surface area contributed by atoms with Crippen LogP contribution in [0.25, 0.3) is 32.8 Å². The van der Waals surface area contributed by atoms with E-state index in [1.54, 1.807) is 41.8 Å². The number of phenols is 1. The number of para-hydroxylation sites is 1. The molecule has 370 valence electrons. The molecule has 2 amide bonds. The third-order valence-corrected chi connectivity index (χ3v) is 14.7. The molecular weight excluding hydrogens is 919 g/mol. The van der Waals surface area contributed by atoms with Gasteiger partial charge in [-0.1, -0.05) is 74.5 Å². The molecule has 71 heavy (non-hydrogen) atoms. The predicted octanol–water partition coefficient (Wildman–Crippen LogP) is 7.10. The van der Waals surface area contributed by atoms with E-state index in [0.29, 0.717) is 41.6 Å². The quantitative estimate of drug-likeness (QED) is 0.0717. The summed E-state index contributed by atoms with van der Waals surface area (Å²) in [6.45, 7) is 15.5. The molecule has 0 bridgehead atoms. The van der Waals surface area contributed by atoms with Gasteiger partial charge in [-0.2, -0.15) is 5.10 Å². The van der Waals surface area contributed by atoms with Crippen molar-refractivity contribution in [3.8, 4) is 44.5 Å². The lowest BCUT2D eigenvalue weighted by Gasteiger charge is -2.34. The fourth-order valence-electron chi connectivity index (χ4n) is 9.51. The number of nitrogen functional groups attached to an aromatic ring is 1. The van der Waals surface area contributed by atoms with Crippen molar-refractivity contribution < 1.29 is 29.1 Å². The summed E-state index contributed by atoms with van der Waals surface area (Å²) in [6, 6.07) is 26.0. The van der Waals surface area contributed by atoms with Gasteiger partial charge < -0.3 is 35.4 Å². The first kappa shape index (κ1) is 49.0. The van der Waals surface area contributed by atoms with Gasteiger partial charge in [0.05, 0.1) is 46.2 Å². The molecule has 3 aromatic carbocycles. The third kappa shape index (κ3) is 11.2. The Balaban J connectivity index is 0.725. The fourth-order valence-corrected chi connectivity index (χ4v) is 10.3. The molecule has 0 spiro atoms. The number of nitrogens with zero attached hydrogens (tertiary/aromatic N) is 9. The number of hydrogen-bond acceptors (Lipinski definition) is 15. The lowest BCUT2D eigenvalue weighted by atomic mass is 9.91. The van der Waals surface area contributed by atoms with Crippen LogP contribution in [0.3, 0.4) is 0 Å². The first-order valence-electron chi connectivity index (χ1n) is 24.2. The molecule has 5 atom stereocenters. The maximum Gasteiger partial charge on any atom is 0.254 e. The molecule has 17 nitrogen and oxygen atoms in total. The second-order valence-electron chi connectivity index (χ2n) is 18.9. The SMILES string of the molecule is Cc1ncsc1-c1ccc([C@H](C)NC(=O)[C@@H]2C[C@@H](O)CN2C(=O)[C@H](c2cc(OCCN3CCN(Cc4ccc(C(C)n5cc(-c6cc(-c7ccccc7O)nnc6N)cn5)cc4)CC3)no2)C(C)C)cc1. The molecule has 2 saturated heterocycles. The van der Waals surface area contributed by atoms with Crippen LogP contribution in [0.15, 0.2) is 107 Å². The number of aryl methyl sites for hydroxylation is 1. The van der Waals surface area contributed by atoms with E-state index in [0.717, 1.165) is 65.5 Å². The van der Waals surface area contributed by atoms with Gasteiger partial charge >= 0.3 is 0 Å². The largest absolute Gasteiger partial charge is 0.507 e. The van der Waals surface area contributed by atoms with Crippen LogP contribution in [0.2, 0.25) is 0 Å². The molecule has 1 unspecified atom stereocenters. The molecular formula is C53H61N11O6S. The van der Waals surface area contributed by atoms with E-state index < -0.39 is 18.1 Å². The minimum atomic E-state index is -0.829. The van der Waals surface area contributed by atoms with E-state index in [9.17, 15) is 19.8 Å². The van der Waals surface area contributed by atoms with Crippen molar-refractivity contribution in [2.24, 2.45) is 5.92 Å². The number of amides is 2. The minimum Gasteiger partial charge on any atom is -0.507 e. The van der Waals surface area contributed by atoms with E-state index in [-0.39, 0.29) is 54.3 Å². The zero-order valence-corrected chi connectivity index (χ0v) is 41.5. The number of phenolic OH excluding ortho intramolecular Hbond substituents is 1. The molecule has 0 aliphatic carbocycles. The molecule has 2 aliphatic rings. The second-order valence-corrected chi connectivity index (χ2v) is 19.8. The van der Waals surface area contributed by atoms with Gasteiger partial charge in [-0.25, -0.2) is 4.98 Å². The number of nitrogens with two attached hydrogens (primary N) is 1. The molecule has 0 saturated carbocycles. The van der Waals surface area contributed by atoms with Crippen LogP contribution in [0, 0.1) is 12.8 Å². The van der Waals surface area contributed by atoms with Crippen LogP contribution in [-0.2, 0) is 16.1 Å². The number of aliphatic hydroxyl groups is 1. The smallest absolute Gasteiger partial charge is 0.254 e. The summed E-state index contributed by atoms with van der Waals surface area (Å²) in [4.78, 5) is 39.7. The molecule has 0 radical (unpaired) electrons. The number of carbonyl (C=O) groups is 2. The highest BCUT2D eigenvalue weighted by Gasteiger charge is 2.43. The van der Waals surface area contributed by atoms with Crippen LogP contribution in [0.4, 0.5) is 5.82 Å². The second kappa shape index (κ2) is 21.6. The molecule has 4 aromatic heterocycles. The van der Waals surface area contributed by atoms with Crippen LogP contribution in [0.5, 0.6) is 11.6 Å². The van der Waals surface area contributed by atoms with Gasteiger partial charge in [-0.3, -0.25) is 24.1 Å². The predicted molar refractivity (Wildman–Crippen MR) is 271 cm³/mol. The summed E-state index contributed by atoms with van der Waals surface area (Å²) in [7, 11) is 0. The first-order valence-corrected chi connectivity index (χ1v) is 25.1. The highest BCUT2D eigenvalue weighted by Crippen LogP contribution is 2.35. The van der Waals surface area contributed by atoms with Crippen molar-refractivity contribution in [3.63, 3.8) is 0 Å². The summed E-state index contributed by atoms with van der Waals surface area (Å²) >= 11 is 1.59. The Labute approximate surface area is 417 Å². The topological polar surface area (TPSA) is 214 Å². The zero-order valence-electron chi connectivity index (χ0n) is 40.7.